The minimum Gasteiger partial charge on any atom is -0.217 e. The first-order chi connectivity index (χ1) is 26.5. The number of benzene rings is 7. The molecule has 2 aliphatic rings. The van der Waals surface area contributed by atoms with Crippen LogP contribution in [0.1, 0.15) is 47.2 Å². The number of hydrogen-bond donors (Lipinski definition) is 0. The van der Waals surface area contributed by atoms with Crippen LogP contribution in [0.25, 0.3) is 54.1 Å². The van der Waals surface area contributed by atoms with Crippen LogP contribution in [0.2, 0.25) is 0 Å². The quantitative estimate of drug-likeness (QED) is 0.181. The number of thiophene rings is 1. The predicted molar refractivity (Wildman–Crippen MR) is 224 cm³/mol. The minimum atomic E-state index is -0.393. The van der Waals surface area contributed by atoms with Gasteiger partial charge in [0.1, 0.15) is 6.33 Å². The summed E-state index contributed by atoms with van der Waals surface area (Å²) in [6, 6.07) is 57.6. The molecule has 0 saturated carbocycles. The smallest absolute Gasteiger partial charge is 0.164 e. The molecule has 1 aliphatic carbocycles. The van der Waals surface area contributed by atoms with Crippen LogP contribution in [0, 0.1) is 0 Å². The van der Waals surface area contributed by atoms with Crippen molar-refractivity contribution >= 4 is 43.3 Å². The third-order valence-electron chi connectivity index (χ3n) is 11.9. The first kappa shape index (κ1) is 31.6. The number of fused-ring (bicyclic) bond motifs is 9. The lowest BCUT2D eigenvalue weighted by Gasteiger charge is -2.39. The van der Waals surface area contributed by atoms with Crippen LogP contribution >= 0.6 is 23.1 Å². The summed E-state index contributed by atoms with van der Waals surface area (Å²) in [7, 11) is 0. The van der Waals surface area contributed by atoms with E-state index in [4.69, 9.17) is 15.0 Å². The third-order valence-corrected chi connectivity index (χ3v) is 14.3. The summed E-state index contributed by atoms with van der Waals surface area (Å²) in [5, 5.41) is 2.50. The van der Waals surface area contributed by atoms with E-state index < -0.39 is 5.41 Å². The Morgan fingerprint density at radius 1 is 0.500 bits per heavy atom. The Kier molecular flexibility index (Phi) is 6.92. The molecular weight excluding hydrogens is 695 g/mol. The van der Waals surface area contributed by atoms with Crippen LogP contribution in [0.5, 0.6) is 0 Å². The molecule has 3 nitrogen and oxygen atoms in total. The van der Waals surface area contributed by atoms with E-state index in [0.717, 1.165) is 11.1 Å². The summed E-state index contributed by atoms with van der Waals surface area (Å²) < 4.78 is 2.46. The van der Waals surface area contributed by atoms with Gasteiger partial charge in [0.15, 0.2) is 11.6 Å². The van der Waals surface area contributed by atoms with Crippen molar-refractivity contribution in [2.24, 2.45) is 0 Å². The van der Waals surface area contributed by atoms with Crippen molar-refractivity contribution in [3.63, 3.8) is 0 Å². The third kappa shape index (κ3) is 4.40. The molecule has 0 saturated heterocycles. The molecule has 2 atom stereocenters. The van der Waals surface area contributed by atoms with Gasteiger partial charge in [0.05, 0.1) is 0 Å². The molecule has 2 aromatic heterocycles. The standard InChI is InChI=1S/C49H33N3S2/c1-48(31-14-5-3-6-15-31)37-21-10-12-23-42(37)54-45-39(48)27-26-38-43(45)35-25-24-30(28-40(35)49(38,2)32-16-7-4-8-17-32)46-50-29-51-47(52-46)36-20-13-19-34-33-18-9-11-22-41(33)53-44(34)36/h3-29H,1-2H3. The van der Waals surface area contributed by atoms with Crippen molar-refractivity contribution in [1.29, 1.82) is 0 Å². The van der Waals surface area contributed by atoms with E-state index in [9.17, 15) is 0 Å². The topological polar surface area (TPSA) is 38.7 Å². The van der Waals surface area contributed by atoms with Crippen LogP contribution in [0.15, 0.2) is 174 Å². The Hall–Kier alpha value is -5.88. The number of nitrogens with zero attached hydrogens (tertiary/aromatic N) is 3. The second-order valence-corrected chi connectivity index (χ2v) is 16.7. The van der Waals surface area contributed by atoms with Crippen molar-refractivity contribution in [2.75, 3.05) is 0 Å². The van der Waals surface area contributed by atoms with Gasteiger partial charge in [0.25, 0.3) is 0 Å². The van der Waals surface area contributed by atoms with Gasteiger partial charge in [0.2, 0.25) is 0 Å². The first-order valence-corrected chi connectivity index (χ1v) is 20.0. The average Bonchev–Trinajstić information content (AvgIpc) is 3.75. The highest BCUT2D eigenvalue weighted by Gasteiger charge is 2.46. The van der Waals surface area contributed by atoms with Crippen molar-refractivity contribution < 1.29 is 0 Å². The number of aromatic nitrogens is 3. The summed E-state index contributed by atoms with van der Waals surface area (Å²) >= 11 is 3.71. The molecule has 0 fully saturated rings. The molecule has 5 heteroatoms. The molecule has 1 aliphatic heterocycles. The lowest BCUT2D eigenvalue weighted by Crippen LogP contribution is -2.30. The zero-order valence-corrected chi connectivity index (χ0v) is 31.4. The average molecular weight is 728 g/mol. The normalized spacial score (nSPS) is 18.3. The SMILES string of the molecule is CC1(c2ccccc2)c2ccccc2Sc2c1ccc1c2-c2ccc(-c3ncnc(-c4cccc5c4sc4ccccc45)n3)cc2C1(C)c1ccccc1. The van der Waals surface area contributed by atoms with Crippen molar-refractivity contribution in [2.45, 2.75) is 34.5 Å². The molecule has 2 unspecified atom stereocenters. The summed E-state index contributed by atoms with van der Waals surface area (Å²) in [5.74, 6) is 1.37. The van der Waals surface area contributed by atoms with E-state index in [1.807, 2.05) is 11.8 Å². The Bertz CT molecular complexity index is 2950. The minimum absolute atomic E-state index is 0.308. The van der Waals surface area contributed by atoms with E-state index in [1.165, 1.54) is 74.5 Å². The van der Waals surface area contributed by atoms with Gasteiger partial charge in [-0.1, -0.05) is 145 Å². The van der Waals surface area contributed by atoms with Crippen LogP contribution in [-0.2, 0) is 10.8 Å². The highest BCUT2D eigenvalue weighted by atomic mass is 32.2. The zero-order valence-electron chi connectivity index (χ0n) is 29.7. The number of hydrogen-bond acceptors (Lipinski definition) is 5. The van der Waals surface area contributed by atoms with E-state index >= 15 is 0 Å². The van der Waals surface area contributed by atoms with Gasteiger partial charge < -0.3 is 0 Å². The van der Waals surface area contributed by atoms with Crippen LogP contribution in [0.3, 0.4) is 0 Å². The molecule has 3 heterocycles. The molecule has 11 rings (SSSR count). The van der Waals surface area contributed by atoms with Gasteiger partial charge in [-0.2, -0.15) is 0 Å². The Balaban J connectivity index is 1.11. The predicted octanol–water partition coefficient (Wildman–Crippen LogP) is 12.7. The van der Waals surface area contributed by atoms with Crippen LogP contribution < -0.4 is 0 Å². The van der Waals surface area contributed by atoms with Crippen molar-refractivity contribution in [3.05, 3.63) is 197 Å². The maximum absolute atomic E-state index is 5.16. The fraction of sp³-hybridized carbons (Fsp3) is 0.0816. The maximum atomic E-state index is 5.16. The Morgan fingerprint density at radius 3 is 1.98 bits per heavy atom. The summed E-state index contributed by atoms with van der Waals surface area (Å²) in [6.45, 7) is 4.79. The summed E-state index contributed by atoms with van der Waals surface area (Å²) in [5.41, 5.74) is 11.8. The van der Waals surface area contributed by atoms with Gasteiger partial charge >= 0.3 is 0 Å². The van der Waals surface area contributed by atoms with Gasteiger partial charge in [-0.3, -0.25) is 0 Å². The van der Waals surface area contributed by atoms with Crippen LogP contribution in [-0.4, -0.2) is 15.0 Å². The van der Waals surface area contributed by atoms with Gasteiger partial charge in [-0.05, 0) is 77.1 Å². The zero-order chi connectivity index (χ0) is 36.0. The summed E-state index contributed by atoms with van der Waals surface area (Å²) in [6.07, 6.45) is 1.66. The van der Waals surface area contributed by atoms with Gasteiger partial charge in [-0.25, -0.2) is 15.0 Å². The van der Waals surface area contributed by atoms with Gasteiger partial charge in [0, 0.05) is 57.5 Å². The highest BCUT2D eigenvalue weighted by Crippen LogP contribution is 2.61. The second-order valence-electron chi connectivity index (χ2n) is 14.6. The summed E-state index contributed by atoms with van der Waals surface area (Å²) in [4.78, 5) is 17.3. The van der Waals surface area contributed by atoms with E-state index in [1.54, 1.807) is 17.7 Å². The van der Waals surface area contributed by atoms with Crippen molar-refractivity contribution in [3.8, 4) is 33.9 Å². The number of rotatable bonds is 4. The molecule has 9 aromatic rings. The Labute approximate surface area is 322 Å². The molecular formula is C49H33N3S2. The molecule has 0 N–H and O–H groups in total. The fourth-order valence-electron chi connectivity index (χ4n) is 9.10. The molecule has 54 heavy (non-hydrogen) atoms. The molecule has 0 bridgehead atoms. The van der Waals surface area contributed by atoms with Crippen molar-refractivity contribution in [1.82, 2.24) is 15.0 Å². The highest BCUT2D eigenvalue weighted by molar-refractivity contribution is 7.99. The van der Waals surface area contributed by atoms with E-state index in [-0.39, 0.29) is 5.41 Å². The Morgan fingerprint density at radius 2 is 1.17 bits per heavy atom. The fourth-order valence-corrected chi connectivity index (χ4v) is 11.8. The largest absolute Gasteiger partial charge is 0.217 e. The van der Waals surface area contributed by atoms with E-state index in [2.05, 4.69) is 172 Å². The van der Waals surface area contributed by atoms with Crippen LogP contribution in [0.4, 0.5) is 0 Å². The lowest BCUT2D eigenvalue weighted by atomic mass is 9.69. The molecule has 7 aromatic carbocycles. The second kappa shape index (κ2) is 11.8. The molecule has 256 valence electrons. The first-order valence-electron chi connectivity index (χ1n) is 18.3. The van der Waals surface area contributed by atoms with Gasteiger partial charge in [-0.15, -0.1) is 11.3 Å². The maximum Gasteiger partial charge on any atom is 0.164 e. The monoisotopic (exact) mass is 727 g/mol. The molecule has 0 radical (unpaired) electrons. The molecule has 0 spiro atoms. The lowest BCUT2D eigenvalue weighted by molar-refractivity contribution is 0.652. The van der Waals surface area contributed by atoms with E-state index in [0.29, 0.717) is 11.6 Å². The molecule has 0 amide bonds.